The monoisotopic (exact) mass is 519 g/mol. The third-order valence-corrected chi connectivity index (χ3v) is 7.04. The lowest BCUT2D eigenvalue weighted by Crippen LogP contribution is -2.45. The van der Waals surface area contributed by atoms with E-state index in [0.29, 0.717) is 22.6 Å². The molecule has 192 valence electrons. The summed E-state index contributed by atoms with van der Waals surface area (Å²) in [7, 11) is -3.43. The maximum atomic E-state index is 14.1. The molecule has 3 rings (SSSR count). The SMILES string of the molecule is Cc1c(C(N)(CCCCO[N+](=O)[O-])C(=O)O)cc(-c2ccc(S(C)(=O)=O)cc2)n1-c1cccc(F)c1. The summed E-state index contributed by atoms with van der Waals surface area (Å²) in [5.74, 6) is -1.79. The highest BCUT2D eigenvalue weighted by Crippen LogP contribution is 2.36. The number of hydrogen-bond donors (Lipinski definition) is 2. The van der Waals surface area contributed by atoms with Crippen LogP contribution in [0.4, 0.5) is 4.39 Å². The molecule has 2 aromatic carbocycles. The van der Waals surface area contributed by atoms with E-state index in [1.807, 2.05) is 0 Å². The molecular formula is C24H26FN3O7S. The van der Waals surface area contributed by atoms with Crippen LogP contribution < -0.4 is 5.73 Å². The second kappa shape index (κ2) is 10.5. The lowest BCUT2D eigenvalue weighted by Gasteiger charge is -2.25. The van der Waals surface area contributed by atoms with Crippen LogP contribution >= 0.6 is 0 Å². The minimum Gasteiger partial charge on any atom is -0.480 e. The number of carboxylic acids is 1. The maximum absolute atomic E-state index is 14.1. The number of nitrogens with two attached hydrogens (primary N) is 1. The Kier molecular flexibility index (Phi) is 7.80. The predicted octanol–water partition coefficient (Wildman–Crippen LogP) is 3.61. The molecule has 1 atom stereocenters. The van der Waals surface area contributed by atoms with Gasteiger partial charge >= 0.3 is 5.97 Å². The van der Waals surface area contributed by atoms with Gasteiger partial charge in [0.25, 0.3) is 5.09 Å². The average molecular weight is 520 g/mol. The second-order valence-electron chi connectivity index (χ2n) is 8.43. The van der Waals surface area contributed by atoms with Gasteiger partial charge < -0.3 is 20.2 Å². The molecule has 10 nitrogen and oxygen atoms in total. The van der Waals surface area contributed by atoms with Crippen LogP contribution in [0.1, 0.15) is 30.5 Å². The molecule has 12 heteroatoms. The average Bonchev–Trinajstić information content (AvgIpc) is 3.15. The third kappa shape index (κ3) is 5.71. The first-order valence-corrected chi connectivity index (χ1v) is 12.8. The highest BCUT2D eigenvalue weighted by atomic mass is 32.2. The minimum atomic E-state index is -3.43. The van der Waals surface area contributed by atoms with Gasteiger partial charge in [0.05, 0.1) is 17.2 Å². The van der Waals surface area contributed by atoms with Crippen LogP contribution in [-0.2, 0) is 25.0 Å². The minimum absolute atomic E-state index is 0.0378. The van der Waals surface area contributed by atoms with Crippen molar-refractivity contribution < 1.29 is 32.6 Å². The summed E-state index contributed by atoms with van der Waals surface area (Å²) < 4.78 is 39.5. The van der Waals surface area contributed by atoms with Crippen molar-refractivity contribution in [1.82, 2.24) is 4.57 Å². The third-order valence-electron chi connectivity index (χ3n) is 5.92. The highest BCUT2D eigenvalue weighted by molar-refractivity contribution is 7.90. The summed E-state index contributed by atoms with van der Waals surface area (Å²) >= 11 is 0. The zero-order valence-electron chi connectivity index (χ0n) is 19.7. The van der Waals surface area contributed by atoms with Gasteiger partial charge in [0.15, 0.2) is 9.84 Å². The Morgan fingerprint density at radius 1 is 1.19 bits per heavy atom. The van der Waals surface area contributed by atoms with Gasteiger partial charge in [-0.25, -0.2) is 17.6 Å². The number of sulfone groups is 1. The van der Waals surface area contributed by atoms with Crippen molar-refractivity contribution in [2.45, 2.75) is 36.6 Å². The fourth-order valence-electron chi connectivity index (χ4n) is 4.09. The van der Waals surface area contributed by atoms with Gasteiger partial charge in [0, 0.05) is 23.2 Å². The first-order chi connectivity index (χ1) is 16.8. The van der Waals surface area contributed by atoms with Gasteiger partial charge in [0.2, 0.25) is 0 Å². The van der Waals surface area contributed by atoms with Crippen LogP contribution in [-0.4, -0.2) is 42.0 Å². The summed E-state index contributed by atoms with van der Waals surface area (Å²) in [6.45, 7) is 1.47. The molecule has 0 aliphatic carbocycles. The number of hydrogen-bond acceptors (Lipinski definition) is 7. The lowest BCUT2D eigenvalue weighted by atomic mass is 9.85. The van der Waals surface area contributed by atoms with E-state index in [1.165, 1.54) is 30.3 Å². The van der Waals surface area contributed by atoms with Crippen LogP contribution in [0.15, 0.2) is 59.5 Å². The van der Waals surface area contributed by atoms with Crippen molar-refractivity contribution >= 4 is 15.8 Å². The van der Waals surface area contributed by atoms with Gasteiger partial charge in [-0.3, -0.25) is 0 Å². The number of unbranched alkanes of at least 4 members (excludes halogenated alkanes) is 1. The van der Waals surface area contributed by atoms with Gasteiger partial charge in [0.1, 0.15) is 11.4 Å². The topological polar surface area (TPSA) is 155 Å². The van der Waals surface area contributed by atoms with E-state index in [2.05, 4.69) is 4.84 Å². The van der Waals surface area contributed by atoms with Crippen LogP contribution in [0, 0.1) is 22.9 Å². The molecule has 0 fully saturated rings. The summed E-state index contributed by atoms with van der Waals surface area (Å²) in [4.78, 5) is 27.1. The smallest absolute Gasteiger partial charge is 0.328 e. The fourth-order valence-corrected chi connectivity index (χ4v) is 4.72. The Hall–Kier alpha value is -3.77. The zero-order valence-corrected chi connectivity index (χ0v) is 20.5. The molecule has 0 aliphatic heterocycles. The van der Waals surface area contributed by atoms with Crippen molar-refractivity contribution in [2.24, 2.45) is 5.73 Å². The molecule has 1 unspecified atom stereocenters. The van der Waals surface area contributed by atoms with Crippen molar-refractivity contribution in [2.75, 3.05) is 12.9 Å². The van der Waals surface area contributed by atoms with E-state index in [-0.39, 0.29) is 36.3 Å². The van der Waals surface area contributed by atoms with E-state index in [0.717, 1.165) is 6.26 Å². The molecule has 1 heterocycles. The summed E-state index contributed by atoms with van der Waals surface area (Å²) in [5.41, 5.74) is 6.77. The standard InChI is InChI=1S/C24H26FN3O7S/c1-16-21(24(26,23(29)30)12-3-4-13-35-28(31)32)15-22(27(16)19-7-5-6-18(25)14-19)17-8-10-20(11-9-17)36(2,33)34/h5-11,14-15H,3-4,12-13,26H2,1-2H3,(H,29,30). The molecule has 0 aliphatic rings. The molecule has 1 aromatic heterocycles. The molecule has 3 aromatic rings. The molecule has 0 saturated carbocycles. The summed E-state index contributed by atoms with van der Waals surface area (Å²) in [6, 6.07) is 13.4. The van der Waals surface area contributed by atoms with E-state index in [1.54, 1.807) is 35.8 Å². The first kappa shape index (κ1) is 26.8. The Morgan fingerprint density at radius 2 is 1.86 bits per heavy atom. The number of carboxylic acid groups (broad SMARTS) is 1. The molecular weight excluding hydrogens is 493 g/mol. The van der Waals surface area contributed by atoms with Crippen molar-refractivity contribution in [3.63, 3.8) is 0 Å². The fraction of sp³-hybridized carbons (Fsp3) is 0.292. The van der Waals surface area contributed by atoms with Gasteiger partial charge in [-0.2, -0.15) is 0 Å². The maximum Gasteiger partial charge on any atom is 0.328 e. The van der Waals surface area contributed by atoms with E-state index < -0.39 is 32.2 Å². The van der Waals surface area contributed by atoms with E-state index in [4.69, 9.17) is 5.73 Å². The number of carbonyl (C=O) groups is 1. The highest BCUT2D eigenvalue weighted by Gasteiger charge is 2.39. The molecule has 0 spiro atoms. The molecule has 36 heavy (non-hydrogen) atoms. The van der Waals surface area contributed by atoms with E-state index >= 15 is 0 Å². The molecule has 3 N–H and O–H groups in total. The number of rotatable bonds is 11. The second-order valence-corrected chi connectivity index (χ2v) is 10.4. The van der Waals surface area contributed by atoms with Crippen LogP contribution in [0.3, 0.4) is 0 Å². The van der Waals surface area contributed by atoms with Crippen molar-refractivity contribution in [3.05, 3.63) is 81.8 Å². The predicted molar refractivity (Wildman–Crippen MR) is 129 cm³/mol. The summed E-state index contributed by atoms with van der Waals surface area (Å²) in [5, 5.41) is 19.5. The molecule has 0 bridgehead atoms. The lowest BCUT2D eigenvalue weighted by molar-refractivity contribution is -0.757. The Labute approximate surface area is 207 Å². The van der Waals surface area contributed by atoms with Gasteiger partial charge in [-0.15, -0.1) is 10.1 Å². The van der Waals surface area contributed by atoms with Crippen LogP contribution in [0.2, 0.25) is 0 Å². The van der Waals surface area contributed by atoms with E-state index in [9.17, 15) is 32.8 Å². The Morgan fingerprint density at radius 3 is 2.42 bits per heavy atom. The van der Waals surface area contributed by atoms with Crippen LogP contribution in [0.5, 0.6) is 0 Å². The van der Waals surface area contributed by atoms with Crippen molar-refractivity contribution in [3.8, 4) is 16.9 Å². The number of benzene rings is 2. The van der Waals surface area contributed by atoms with Crippen molar-refractivity contribution in [1.29, 1.82) is 0 Å². The number of halogens is 1. The largest absolute Gasteiger partial charge is 0.480 e. The summed E-state index contributed by atoms with van der Waals surface area (Å²) in [6.07, 6.45) is 1.51. The van der Waals surface area contributed by atoms with Gasteiger partial charge in [-0.05, 0) is 68.1 Å². The number of aliphatic carboxylic acids is 1. The molecule has 0 radical (unpaired) electrons. The normalized spacial score (nSPS) is 13.2. The first-order valence-electron chi connectivity index (χ1n) is 10.9. The molecule has 0 saturated heterocycles. The Balaban J connectivity index is 2.12. The number of nitrogens with zero attached hydrogens (tertiary/aromatic N) is 2. The molecule has 0 amide bonds. The van der Waals surface area contributed by atoms with Gasteiger partial charge in [-0.1, -0.05) is 18.2 Å². The Bertz CT molecular complexity index is 1390. The quantitative estimate of drug-likeness (QED) is 0.221. The van der Waals surface area contributed by atoms with Crippen LogP contribution in [0.25, 0.3) is 16.9 Å². The zero-order chi connectivity index (χ0) is 26.7. The number of aromatic nitrogens is 1.